The first-order valence-corrected chi connectivity index (χ1v) is 11.9. The maximum Gasteiger partial charge on any atom is 0.0562 e. The maximum absolute atomic E-state index is 9.84. The van der Waals surface area contributed by atoms with Gasteiger partial charge in [-0.3, -0.25) is 0 Å². The first kappa shape index (κ1) is 25.9. The van der Waals surface area contributed by atoms with Crippen LogP contribution in [0.15, 0.2) is 0 Å². The number of unbranched alkanes of at least 4 members (excludes halogenated alkanes) is 13. The minimum atomic E-state index is -0.172. The van der Waals surface area contributed by atoms with Crippen LogP contribution in [-0.4, -0.2) is 24.9 Å². The van der Waals surface area contributed by atoms with Crippen LogP contribution in [0.1, 0.15) is 129 Å². The van der Waals surface area contributed by atoms with Crippen molar-refractivity contribution in [1.82, 2.24) is 0 Å². The number of aliphatic hydroxyl groups is 1. The Morgan fingerprint density at radius 3 is 1.54 bits per heavy atom. The molecule has 158 valence electrons. The molecule has 2 nitrogen and oxygen atoms in total. The zero-order valence-corrected chi connectivity index (χ0v) is 18.4. The fraction of sp³-hybridized carbons (Fsp3) is 1.00. The average Bonchev–Trinajstić information content (AvgIpc) is 2.64. The van der Waals surface area contributed by atoms with E-state index in [9.17, 15) is 5.11 Å². The van der Waals surface area contributed by atoms with Crippen molar-refractivity contribution >= 4 is 0 Å². The van der Waals surface area contributed by atoms with E-state index in [1.54, 1.807) is 7.11 Å². The zero-order valence-electron chi connectivity index (χ0n) is 18.4. The molecule has 0 aliphatic carbocycles. The second-order valence-corrected chi connectivity index (χ2v) is 8.50. The van der Waals surface area contributed by atoms with Gasteiger partial charge < -0.3 is 9.84 Å². The lowest BCUT2D eigenvalue weighted by molar-refractivity contribution is 0.0988. The van der Waals surface area contributed by atoms with E-state index in [0.29, 0.717) is 6.61 Å². The highest BCUT2D eigenvalue weighted by Gasteiger charge is 2.08. The number of ether oxygens (including phenoxy) is 1. The molecular weight excluding hydrogens is 320 g/mol. The molecule has 1 unspecified atom stereocenters. The molecule has 0 radical (unpaired) electrons. The molecule has 0 spiro atoms. The molecule has 2 atom stereocenters. The van der Waals surface area contributed by atoms with Crippen molar-refractivity contribution in [3.63, 3.8) is 0 Å². The summed E-state index contributed by atoms with van der Waals surface area (Å²) in [4.78, 5) is 0. The SMILES string of the molecule is CCCCCCCCCCCCCCCCC(C)CC[C@@H](O)CCOC. The molecule has 0 saturated heterocycles. The molecule has 0 aliphatic rings. The summed E-state index contributed by atoms with van der Waals surface area (Å²) in [5.41, 5.74) is 0. The summed E-state index contributed by atoms with van der Waals surface area (Å²) in [6.45, 7) is 5.30. The van der Waals surface area contributed by atoms with E-state index in [1.165, 1.54) is 96.3 Å². The highest BCUT2D eigenvalue weighted by Crippen LogP contribution is 2.18. The van der Waals surface area contributed by atoms with E-state index in [1.807, 2.05) is 0 Å². The van der Waals surface area contributed by atoms with Crippen LogP contribution in [0.4, 0.5) is 0 Å². The number of rotatable bonds is 21. The van der Waals surface area contributed by atoms with Gasteiger partial charge in [-0.25, -0.2) is 0 Å². The number of aliphatic hydroxyl groups excluding tert-OH is 1. The van der Waals surface area contributed by atoms with Crippen molar-refractivity contribution in [2.24, 2.45) is 5.92 Å². The van der Waals surface area contributed by atoms with Crippen LogP contribution in [0.2, 0.25) is 0 Å². The molecule has 0 fully saturated rings. The molecule has 0 aromatic rings. The van der Waals surface area contributed by atoms with Crippen molar-refractivity contribution in [1.29, 1.82) is 0 Å². The van der Waals surface area contributed by atoms with Crippen LogP contribution < -0.4 is 0 Å². The van der Waals surface area contributed by atoms with E-state index in [-0.39, 0.29) is 6.10 Å². The van der Waals surface area contributed by atoms with Crippen molar-refractivity contribution in [2.75, 3.05) is 13.7 Å². The molecular formula is C24H50O2. The lowest BCUT2D eigenvalue weighted by Gasteiger charge is -2.14. The number of methoxy groups -OCH3 is 1. The first-order chi connectivity index (χ1) is 12.7. The number of hydrogen-bond donors (Lipinski definition) is 1. The standard InChI is InChI=1S/C24H50O2/c1-4-5-6-7-8-9-10-11-12-13-14-15-16-17-18-23(2)19-20-24(25)21-22-26-3/h23-25H,4-22H2,1-3H3/t23?,24-/m1/s1. The second kappa shape index (κ2) is 21.2. The van der Waals surface area contributed by atoms with Gasteiger partial charge in [-0.15, -0.1) is 0 Å². The molecule has 0 saturated carbocycles. The van der Waals surface area contributed by atoms with Crippen LogP contribution in [0, 0.1) is 5.92 Å². The second-order valence-electron chi connectivity index (χ2n) is 8.50. The highest BCUT2D eigenvalue weighted by atomic mass is 16.5. The quantitative estimate of drug-likeness (QED) is 0.210. The average molecular weight is 371 g/mol. The van der Waals surface area contributed by atoms with Gasteiger partial charge in [0.1, 0.15) is 0 Å². The van der Waals surface area contributed by atoms with Gasteiger partial charge in [0, 0.05) is 13.7 Å². The molecule has 0 bridgehead atoms. The van der Waals surface area contributed by atoms with Crippen molar-refractivity contribution in [3.05, 3.63) is 0 Å². The third-order valence-electron chi connectivity index (χ3n) is 5.70. The van der Waals surface area contributed by atoms with E-state index in [0.717, 1.165) is 25.2 Å². The predicted molar refractivity (Wildman–Crippen MR) is 116 cm³/mol. The third kappa shape index (κ3) is 20.2. The van der Waals surface area contributed by atoms with E-state index < -0.39 is 0 Å². The number of hydrogen-bond acceptors (Lipinski definition) is 2. The van der Waals surface area contributed by atoms with E-state index in [4.69, 9.17) is 4.74 Å². The van der Waals surface area contributed by atoms with Gasteiger partial charge in [-0.05, 0) is 25.2 Å². The molecule has 26 heavy (non-hydrogen) atoms. The summed E-state index contributed by atoms with van der Waals surface area (Å²) < 4.78 is 5.02. The summed E-state index contributed by atoms with van der Waals surface area (Å²) in [5, 5.41) is 9.84. The van der Waals surface area contributed by atoms with Crippen LogP contribution in [-0.2, 0) is 4.74 Å². The van der Waals surface area contributed by atoms with Crippen LogP contribution in [0.5, 0.6) is 0 Å². The van der Waals surface area contributed by atoms with Crippen LogP contribution >= 0.6 is 0 Å². The lowest BCUT2D eigenvalue weighted by atomic mass is 9.95. The summed E-state index contributed by atoms with van der Waals surface area (Å²) >= 11 is 0. The fourth-order valence-electron chi connectivity index (χ4n) is 3.71. The van der Waals surface area contributed by atoms with E-state index >= 15 is 0 Å². The monoisotopic (exact) mass is 370 g/mol. The lowest BCUT2D eigenvalue weighted by Crippen LogP contribution is -2.11. The van der Waals surface area contributed by atoms with Crippen molar-refractivity contribution in [2.45, 2.75) is 136 Å². The van der Waals surface area contributed by atoms with Gasteiger partial charge in [-0.1, -0.05) is 110 Å². The molecule has 1 N–H and O–H groups in total. The Hall–Kier alpha value is -0.0800. The van der Waals surface area contributed by atoms with Gasteiger partial charge in [-0.2, -0.15) is 0 Å². The Morgan fingerprint density at radius 1 is 0.615 bits per heavy atom. The Bertz CT molecular complexity index is 255. The smallest absolute Gasteiger partial charge is 0.0562 e. The first-order valence-electron chi connectivity index (χ1n) is 11.9. The van der Waals surface area contributed by atoms with Gasteiger partial charge in [0.2, 0.25) is 0 Å². The summed E-state index contributed by atoms with van der Waals surface area (Å²) in [6.07, 6.45) is 24.1. The fourth-order valence-corrected chi connectivity index (χ4v) is 3.71. The molecule has 2 heteroatoms. The van der Waals surface area contributed by atoms with Crippen molar-refractivity contribution in [3.8, 4) is 0 Å². The Kier molecular flexibility index (Phi) is 21.2. The minimum Gasteiger partial charge on any atom is -0.393 e. The van der Waals surface area contributed by atoms with Gasteiger partial charge >= 0.3 is 0 Å². The maximum atomic E-state index is 9.84. The third-order valence-corrected chi connectivity index (χ3v) is 5.70. The summed E-state index contributed by atoms with van der Waals surface area (Å²) in [7, 11) is 1.70. The predicted octanol–water partition coefficient (Wildman–Crippen LogP) is 7.67. The molecule has 0 aromatic heterocycles. The van der Waals surface area contributed by atoms with Gasteiger partial charge in [0.05, 0.1) is 6.10 Å². The minimum absolute atomic E-state index is 0.172. The van der Waals surface area contributed by atoms with Crippen molar-refractivity contribution < 1.29 is 9.84 Å². The summed E-state index contributed by atoms with van der Waals surface area (Å²) in [5.74, 6) is 0.754. The molecule has 0 amide bonds. The molecule has 0 heterocycles. The van der Waals surface area contributed by atoms with Gasteiger partial charge in [0.25, 0.3) is 0 Å². The molecule has 0 aliphatic heterocycles. The Labute approximate surface area is 165 Å². The Morgan fingerprint density at radius 2 is 1.08 bits per heavy atom. The Balaban J connectivity index is 3.18. The zero-order chi connectivity index (χ0) is 19.3. The van der Waals surface area contributed by atoms with E-state index in [2.05, 4.69) is 13.8 Å². The van der Waals surface area contributed by atoms with Crippen LogP contribution in [0.3, 0.4) is 0 Å². The largest absolute Gasteiger partial charge is 0.393 e. The normalized spacial score (nSPS) is 13.8. The molecule has 0 aromatic carbocycles. The topological polar surface area (TPSA) is 29.5 Å². The highest BCUT2D eigenvalue weighted by molar-refractivity contribution is 4.60. The van der Waals surface area contributed by atoms with Gasteiger partial charge in [0.15, 0.2) is 0 Å². The summed E-state index contributed by atoms with van der Waals surface area (Å²) in [6, 6.07) is 0. The van der Waals surface area contributed by atoms with Crippen LogP contribution in [0.25, 0.3) is 0 Å². The molecule has 0 rings (SSSR count).